The van der Waals surface area contributed by atoms with E-state index in [-0.39, 0.29) is 18.6 Å². The molecule has 0 unspecified atom stereocenters. The minimum Gasteiger partial charge on any atom is -0.497 e. The van der Waals surface area contributed by atoms with Crippen molar-refractivity contribution in [3.8, 4) is 17.1 Å². The molecule has 0 saturated heterocycles. The fraction of sp³-hybridized carbons (Fsp3) is 0.310. The largest absolute Gasteiger partial charge is 0.497 e. The summed E-state index contributed by atoms with van der Waals surface area (Å²) in [6, 6.07) is 13.1. The van der Waals surface area contributed by atoms with E-state index in [4.69, 9.17) is 14.5 Å². The highest BCUT2D eigenvalue weighted by Crippen LogP contribution is 2.40. The minimum atomic E-state index is -1.94. The average Bonchev–Trinajstić information content (AvgIpc) is 3.31. The van der Waals surface area contributed by atoms with Crippen molar-refractivity contribution in [2.24, 2.45) is 0 Å². The predicted molar refractivity (Wildman–Crippen MR) is 141 cm³/mol. The highest BCUT2D eigenvalue weighted by molar-refractivity contribution is 5.90. The molecule has 0 saturated carbocycles. The zero-order valence-electron chi connectivity index (χ0n) is 21.3. The van der Waals surface area contributed by atoms with Crippen LogP contribution < -0.4 is 15.6 Å². The first-order valence-corrected chi connectivity index (χ1v) is 12.7. The van der Waals surface area contributed by atoms with Gasteiger partial charge in [-0.2, -0.15) is 0 Å². The Bertz CT molecular complexity index is 1630. The van der Waals surface area contributed by atoms with Gasteiger partial charge in [-0.05, 0) is 54.9 Å². The number of aliphatic hydroxyl groups is 1. The molecule has 0 bridgehead atoms. The Morgan fingerprint density at radius 3 is 2.82 bits per heavy atom. The van der Waals surface area contributed by atoms with Crippen LogP contribution in [0, 0.1) is 0 Å². The number of rotatable bonds is 7. The Labute approximate surface area is 219 Å². The van der Waals surface area contributed by atoms with Gasteiger partial charge in [0.1, 0.15) is 12.4 Å². The summed E-state index contributed by atoms with van der Waals surface area (Å²) in [7, 11) is 1.63. The van der Waals surface area contributed by atoms with Gasteiger partial charge in [-0.15, -0.1) is 0 Å². The number of ether oxygens (including phenoxy) is 2. The molecule has 4 aromatic rings. The first-order chi connectivity index (χ1) is 18.4. The number of pyridine rings is 3. The van der Waals surface area contributed by atoms with E-state index in [1.165, 1.54) is 0 Å². The number of carbonyl (C=O) groups excluding carboxylic acids is 1. The molecule has 194 valence electrons. The lowest BCUT2D eigenvalue weighted by Crippen LogP contribution is -2.46. The van der Waals surface area contributed by atoms with E-state index < -0.39 is 11.6 Å². The minimum absolute atomic E-state index is 0.0482. The molecule has 0 radical (unpaired) electrons. The molecule has 3 aromatic heterocycles. The molecule has 0 aliphatic carbocycles. The number of nitrogens with one attached hydrogen (secondary N) is 1. The van der Waals surface area contributed by atoms with Gasteiger partial charge in [0, 0.05) is 35.7 Å². The number of benzene rings is 1. The predicted octanol–water partition coefficient (Wildman–Crippen LogP) is 2.82. The Balaban J connectivity index is 1.40. The fourth-order valence-electron chi connectivity index (χ4n) is 5.56. The highest BCUT2D eigenvalue weighted by Gasteiger charge is 2.46. The molecule has 1 aromatic carbocycles. The van der Waals surface area contributed by atoms with Crippen LogP contribution in [0.4, 0.5) is 0 Å². The van der Waals surface area contributed by atoms with Crippen molar-refractivity contribution in [1.29, 1.82) is 0 Å². The van der Waals surface area contributed by atoms with E-state index in [0.717, 1.165) is 39.9 Å². The summed E-state index contributed by atoms with van der Waals surface area (Å²) in [5.41, 5.74) is 3.41. The average molecular weight is 513 g/mol. The monoisotopic (exact) mass is 512 g/mol. The van der Waals surface area contributed by atoms with Crippen LogP contribution in [-0.4, -0.2) is 39.3 Å². The molecule has 5 heterocycles. The van der Waals surface area contributed by atoms with Gasteiger partial charge in [-0.3, -0.25) is 9.78 Å². The number of aryl methyl sites for hydroxylation is 1. The highest BCUT2D eigenvalue weighted by atomic mass is 16.6. The molecule has 38 heavy (non-hydrogen) atoms. The standard InChI is InChI=1S/C29H28N4O5/c1-3-19-20-12-18(37-2)7-8-24(20)32-26-21(19)15-33-25(26)13-23-22(27(33)34)16-38-28(35)29(23,36)9-11-30-14-17-6-4-5-10-31-17/h4-8,10,12-13,30,36H,3,9,11,14-16H2,1-2H3/t29-/m0/s1. The molecule has 0 fully saturated rings. The fourth-order valence-corrected chi connectivity index (χ4v) is 5.56. The summed E-state index contributed by atoms with van der Waals surface area (Å²) in [6.07, 6.45) is 2.51. The third kappa shape index (κ3) is 3.77. The van der Waals surface area contributed by atoms with E-state index in [1.807, 2.05) is 36.4 Å². The van der Waals surface area contributed by atoms with Crippen LogP contribution in [0.5, 0.6) is 5.75 Å². The topological polar surface area (TPSA) is 116 Å². The molecule has 2 aliphatic rings. The van der Waals surface area contributed by atoms with Crippen LogP contribution in [0.2, 0.25) is 0 Å². The van der Waals surface area contributed by atoms with Crippen LogP contribution in [0.3, 0.4) is 0 Å². The van der Waals surface area contributed by atoms with E-state index in [0.29, 0.717) is 42.1 Å². The molecule has 9 heteroatoms. The number of hydrogen-bond donors (Lipinski definition) is 2. The summed E-state index contributed by atoms with van der Waals surface area (Å²) in [5.74, 6) is -0.00510. The first kappa shape index (κ1) is 24.3. The first-order valence-electron chi connectivity index (χ1n) is 12.7. The second-order valence-corrected chi connectivity index (χ2v) is 9.65. The van der Waals surface area contributed by atoms with Crippen molar-refractivity contribution in [3.05, 3.63) is 87.0 Å². The Hall–Kier alpha value is -4.08. The van der Waals surface area contributed by atoms with Crippen LogP contribution in [0.15, 0.2) is 53.5 Å². The van der Waals surface area contributed by atoms with Crippen LogP contribution in [0.25, 0.3) is 22.3 Å². The number of fused-ring (bicyclic) bond motifs is 5. The molecule has 0 amide bonds. The van der Waals surface area contributed by atoms with E-state index in [2.05, 4.69) is 17.2 Å². The van der Waals surface area contributed by atoms with Gasteiger partial charge in [0.15, 0.2) is 5.60 Å². The van der Waals surface area contributed by atoms with E-state index in [9.17, 15) is 14.7 Å². The second kappa shape index (κ2) is 9.34. The number of esters is 1. The molecule has 0 spiro atoms. The molecule has 2 N–H and O–H groups in total. The zero-order chi connectivity index (χ0) is 26.4. The summed E-state index contributed by atoms with van der Waals surface area (Å²) in [6.45, 7) is 3.09. The molecule has 2 aliphatic heterocycles. The van der Waals surface area contributed by atoms with Crippen molar-refractivity contribution in [1.82, 2.24) is 19.9 Å². The number of methoxy groups -OCH3 is 1. The quantitative estimate of drug-likeness (QED) is 0.253. The normalized spacial score (nSPS) is 17.6. The van der Waals surface area contributed by atoms with Crippen molar-refractivity contribution < 1.29 is 19.4 Å². The van der Waals surface area contributed by atoms with Gasteiger partial charge in [0.25, 0.3) is 5.56 Å². The van der Waals surface area contributed by atoms with Crippen molar-refractivity contribution in [2.45, 2.75) is 45.1 Å². The summed E-state index contributed by atoms with van der Waals surface area (Å²) < 4.78 is 12.4. The molecule has 9 nitrogen and oxygen atoms in total. The Kier molecular flexibility index (Phi) is 5.97. The number of nitrogens with zero attached hydrogens (tertiary/aromatic N) is 3. The molecular formula is C29H28N4O5. The maximum atomic E-state index is 13.7. The SMILES string of the molecule is CCc1c2c(nc3ccc(OC)cc13)-c1cc3c(c(=O)n1C2)COC(=O)[C@]3(O)CCNCc1ccccn1. The number of cyclic esters (lactones) is 1. The van der Waals surface area contributed by atoms with E-state index in [1.54, 1.807) is 23.9 Å². The van der Waals surface area contributed by atoms with Gasteiger partial charge >= 0.3 is 5.97 Å². The van der Waals surface area contributed by atoms with Crippen LogP contribution >= 0.6 is 0 Å². The lowest BCUT2D eigenvalue weighted by atomic mass is 9.85. The van der Waals surface area contributed by atoms with Gasteiger partial charge in [0.2, 0.25) is 0 Å². The van der Waals surface area contributed by atoms with Gasteiger partial charge in [-0.1, -0.05) is 13.0 Å². The van der Waals surface area contributed by atoms with Crippen LogP contribution in [-0.2, 0) is 41.2 Å². The lowest BCUT2D eigenvalue weighted by molar-refractivity contribution is -0.172. The molecule has 1 atom stereocenters. The summed E-state index contributed by atoms with van der Waals surface area (Å²) in [5, 5.41) is 15.8. The van der Waals surface area contributed by atoms with Crippen molar-refractivity contribution in [3.63, 3.8) is 0 Å². The maximum Gasteiger partial charge on any atom is 0.343 e. The smallest absolute Gasteiger partial charge is 0.343 e. The van der Waals surface area contributed by atoms with Gasteiger partial charge in [0.05, 0.1) is 41.8 Å². The van der Waals surface area contributed by atoms with Crippen LogP contribution in [0.1, 0.15) is 41.3 Å². The van der Waals surface area contributed by atoms with E-state index >= 15 is 0 Å². The molecule has 6 rings (SSSR count). The van der Waals surface area contributed by atoms with Crippen molar-refractivity contribution in [2.75, 3.05) is 13.7 Å². The summed E-state index contributed by atoms with van der Waals surface area (Å²) >= 11 is 0. The number of carbonyl (C=O) groups is 1. The Morgan fingerprint density at radius 1 is 1.18 bits per heavy atom. The number of aromatic nitrogens is 3. The van der Waals surface area contributed by atoms with Gasteiger partial charge in [-0.25, -0.2) is 9.78 Å². The number of hydrogen-bond acceptors (Lipinski definition) is 8. The lowest BCUT2D eigenvalue weighted by Gasteiger charge is -2.32. The molecular weight excluding hydrogens is 484 g/mol. The third-order valence-electron chi connectivity index (χ3n) is 7.55. The zero-order valence-corrected chi connectivity index (χ0v) is 21.3. The third-order valence-corrected chi connectivity index (χ3v) is 7.55. The van der Waals surface area contributed by atoms with Crippen molar-refractivity contribution >= 4 is 16.9 Å². The Morgan fingerprint density at radius 2 is 2.05 bits per heavy atom. The second-order valence-electron chi connectivity index (χ2n) is 9.65. The maximum absolute atomic E-state index is 13.7. The summed E-state index contributed by atoms with van der Waals surface area (Å²) in [4.78, 5) is 35.7. The van der Waals surface area contributed by atoms with Gasteiger partial charge < -0.3 is 24.5 Å².